The average molecular weight is 367 g/mol. The van der Waals surface area contributed by atoms with Gasteiger partial charge in [0.2, 0.25) is 5.91 Å². The Morgan fingerprint density at radius 2 is 1.92 bits per heavy atom. The van der Waals surface area contributed by atoms with Gasteiger partial charge in [0.15, 0.2) is 0 Å². The molecular weight excluding hydrogens is 336 g/mol. The first kappa shape index (κ1) is 20.1. The maximum Gasteiger partial charge on any atom is 0.227 e. The molecule has 0 saturated carbocycles. The number of likely N-dealkylation sites (tertiary alicyclic amines) is 1. The summed E-state index contributed by atoms with van der Waals surface area (Å²) < 4.78 is 5.49. The first-order valence-electron chi connectivity index (χ1n) is 9.47. The quantitative estimate of drug-likeness (QED) is 0.840. The van der Waals surface area contributed by atoms with Crippen LogP contribution in [0.25, 0.3) is 0 Å². The van der Waals surface area contributed by atoms with Gasteiger partial charge < -0.3 is 15.0 Å². The minimum Gasteiger partial charge on any atom is -0.494 e. The van der Waals surface area contributed by atoms with Crippen molar-refractivity contribution < 1.29 is 9.53 Å². The second-order valence-electron chi connectivity index (χ2n) is 7.07. The van der Waals surface area contributed by atoms with Crippen molar-refractivity contribution >= 4 is 18.3 Å². The Bertz CT molecular complexity index is 521. The van der Waals surface area contributed by atoms with Crippen LogP contribution in [0.3, 0.4) is 0 Å². The number of aryl methyl sites for hydroxylation is 1. The predicted molar refractivity (Wildman–Crippen MR) is 103 cm³/mol. The van der Waals surface area contributed by atoms with Gasteiger partial charge in [0.25, 0.3) is 0 Å². The van der Waals surface area contributed by atoms with Gasteiger partial charge in [-0.15, -0.1) is 12.4 Å². The molecule has 2 fully saturated rings. The third kappa shape index (κ3) is 5.61. The Morgan fingerprint density at radius 3 is 2.52 bits per heavy atom. The summed E-state index contributed by atoms with van der Waals surface area (Å²) in [6.45, 7) is 6.49. The smallest absolute Gasteiger partial charge is 0.227 e. The summed E-state index contributed by atoms with van der Waals surface area (Å²) in [5.41, 5.74) is 1.38. The Kier molecular flexibility index (Phi) is 8.04. The number of ether oxygens (including phenoxy) is 1. The fourth-order valence-corrected chi connectivity index (χ4v) is 3.86. The number of amides is 1. The van der Waals surface area contributed by atoms with Gasteiger partial charge in [-0.05, 0) is 69.2 Å². The molecule has 1 amide bonds. The molecule has 2 aliphatic rings. The molecule has 2 aliphatic heterocycles. The molecule has 1 unspecified atom stereocenters. The Balaban J connectivity index is 0.00000225. The van der Waals surface area contributed by atoms with Gasteiger partial charge in [-0.3, -0.25) is 4.79 Å². The van der Waals surface area contributed by atoms with E-state index in [9.17, 15) is 4.79 Å². The van der Waals surface area contributed by atoms with Gasteiger partial charge in [-0.2, -0.15) is 0 Å². The van der Waals surface area contributed by atoms with Gasteiger partial charge >= 0.3 is 0 Å². The van der Waals surface area contributed by atoms with Crippen molar-refractivity contribution in [2.75, 3.05) is 32.8 Å². The molecule has 0 radical (unpaired) electrons. The summed E-state index contributed by atoms with van der Waals surface area (Å²) >= 11 is 0. The number of nitrogens with zero attached hydrogens (tertiary/aromatic N) is 1. The van der Waals surface area contributed by atoms with Crippen molar-refractivity contribution in [1.29, 1.82) is 0 Å². The lowest BCUT2D eigenvalue weighted by atomic mass is 9.90. The molecule has 0 spiro atoms. The maximum absolute atomic E-state index is 12.4. The molecule has 1 N–H and O–H groups in total. The predicted octanol–water partition coefficient (Wildman–Crippen LogP) is 3.29. The third-order valence-corrected chi connectivity index (χ3v) is 5.41. The van der Waals surface area contributed by atoms with Crippen LogP contribution in [0.1, 0.15) is 38.2 Å². The lowest BCUT2D eigenvalue weighted by Crippen LogP contribution is -2.42. The van der Waals surface area contributed by atoms with Gasteiger partial charge in [0, 0.05) is 19.6 Å². The number of hydrogen-bond donors (Lipinski definition) is 1. The van der Waals surface area contributed by atoms with Crippen LogP contribution in [0, 0.1) is 11.8 Å². The SMILES string of the molecule is CCOc1ccc(CCC2CCN(C(=O)C3CCNC3)CC2)cc1.Cl. The van der Waals surface area contributed by atoms with Crippen LogP contribution in [-0.2, 0) is 11.2 Å². The molecular formula is C20H31ClN2O2. The summed E-state index contributed by atoms with van der Waals surface area (Å²) in [6.07, 6.45) is 5.67. The summed E-state index contributed by atoms with van der Waals surface area (Å²) in [7, 11) is 0. The van der Waals surface area contributed by atoms with E-state index in [1.54, 1.807) is 0 Å². The molecule has 25 heavy (non-hydrogen) atoms. The van der Waals surface area contributed by atoms with E-state index in [4.69, 9.17) is 4.74 Å². The number of halogens is 1. The Hall–Kier alpha value is -1.26. The van der Waals surface area contributed by atoms with E-state index in [1.165, 1.54) is 12.0 Å². The molecule has 140 valence electrons. The highest BCUT2D eigenvalue weighted by Crippen LogP contribution is 2.25. The van der Waals surface area contributed by atoms with E-state index in [1.807, 2.05) is 6.92 Å². The van der Waals surface area contributed by atoms with E-state index in [0.29, 0.717) is 12.5 Å². The lowest BCUT2D eigenvalue weighted by molar-refractivity contribution is -0.136. The second kappa shape index (κ2) is 10.0. The minimum atomic E-state index is 0. The highest BCUT2D eigenvalue weighted by molar-refractivity contribution is 5.85. The normalized spacial score (nSPS) is 21.0. The molecule has 0 aliphatic carbocycles. The van der Waals surface area contributed by atoms with Crippen molar-refractivity contribution in [3.8, 4) is 5.75 Å². The Labute approximate surface area is 157 Å². The van der Waals surface area contributed by atoms with Crippen molar-refractivity contribution in [2.24, 2.45) is 11.8 Å². The Morgan fingerprint density at radius 1 is 1.20 bits per heavy atom. The molecule has 0 bridgehead atoms. The van der Waals surface area contributed by atoms with Crippen LogP contribution < -0.4 is 10.1 Å². The molecule has 4 nitrogen and oxygen atoms in total. The molecule has 1 aromatic rings. The molecule has 5 heteroatoms. The lowest BCUT2D eigenvalue weighted by Gasteiger charge is -2.33. The molecule has 3 rings (SSSR count). The molecule has 2 heterocycles. The topological polar surface area (TPSA) is 41.6 Å². The fraction of sp³-hybridized carbons (Fsp3) is 0.650. The van der Waals surface area contributed by atoms with Crippen LogP contribution in [0.4, 0.5) is 0 Å². The highest BCUT2D eigenvalue weighted by Gasteiger charge is 2.29. The number of piperidine rings is 1. The summed E-state index contributed by atoms with van der Waals surface area (Å²) in [6, 6.07) is 8.49. The maximum atomic E-state index is 12.4. The third-order valence-electron chi connectivity index (χ3n) is 5.41. The van der Waals surface area contributed by atoms with Gasteiger partial charge in [-0.25, -0.2) is 0 Å². The van der Waals surface area contributed by atoms with Crippen LogP contribution in [0.5, 0.6) is 5.75 Å². The number of benzene rings is 1. The standard InChI is InChI=1S/C20H30N2O2.ClH/c1-2-24-19-7-5-16(6-8-19)3-4-17-10-13-22(14-11-17)20(23)18-9-12-21-15-18;/h5-8,17-18,21H,2-4,9-15H2,1H3;1H. The number of rotatable bonds is 6. The highest BCUT2D eigenvalue weighted by atomic mass is 35.5. The number of nitrogens with one attached hydrogen (secondary N) is 1. The van der Waals surface area contributed by atoms with E-state index in [-0.39, 0.29) is 18.3 Å². The summed E-state index contributed by atoms with van der Waals surface area (Å²) in [5.74, 6) is 2.31. The van der Waals surface area contributed by atoms with Gasteiger partial charge in [0.1, 0.15) is 5.75 Å². The number of hydrogen-bond acceptors (Lipinski definition) is 3. The number of carbonyl (C=O) groups is 1. The van der Waals surface area contributed by atoms with Crippen molar-refractivity contribution in [3.05, 3.63) is 29.8 Å². The first-order chi connectivity index (χ1) is 11.8. The molecule has 0 aromatic heterocycles. The zero-order valence-electron chi connectivity index (χ0n) is 15.2. The second-order valence-corrected chi connectivity index (χ2v) is 7.07. The van der Waals surface area contributed by atoms with Crippen LogP contribution in [0.2, 0.25) is 0 Å². The van der Waals surface area contributed by atoms with Gasteiger partial charge in [-0.1, -0.05) is 12.1 Å². The monoisotopic (exact) mass is 366 g/mol. The summed E-state index contributed by atoms with van der Waals surface area (Å²) in [4.78, 5) is 14.5. The molecule has 1 aromatic carbocycles. The number of carbonyl (C=O) groups excluding carboxylic acids is 1. The largest absolute Gasteiger partial charge is 0.494 e. The van der Waals surface area contributed by atoms with Crippen LogP contribution in [-0.4, -0.2) is 43.6 Å². The average Bonchev–Trinajstić information content (AvgIpc) is 3.16. The minimum absolute atomic E-state index is 0. The van der Waals surface area contributed by atoms with E-state index in [2.05, 4.69) is 34.5 Å². The van der Waals surface area contributed by atoms with Crippen LogP contribution in [0.15, 0.2) is 24.3 Å². The first-order valence-corrected chi connectivity index (χ1v) is 9.47. The summed E-state index contributed by atoms with van der Waals surface area (Å²) in [5, 5.41) is 3.29. The van der Waals surface area contributed by atoms with Crippen molar-refractivity contribution in [3.63, 3.8) is 0 Å². The van der Waals surface area contributed by atoms with E-state index < -0.39 is 0 Å². The fourth-order valence-electron chi connectivity index (χ4n) is 3.86. The van der Waals surface area contributed by atoms with Crippen molar-refractivity contribution in [2.45, 2.75) is 39.0 Å². The van der Waals surface area contributed by atoms with E-state index >= 15 is 0 Å². The van der Waals surface area contributed by atoms with Crippen LogP contribution >= 0.6 is 12.4 Å². The zero-order chi connectivity index (χ0) is 16.8. The van der Waals surface area contributed by atoms with E-state index in [0.717, 1.165) is 63.5 Å². The molecule has 1 atom stereocenters. The zero-order valence-corrected chi connectivity index (χ0v) is 16.0. The molecule has 2 saturated heterocycles. The van der Waals surface area contributed by atoms with Crippen molar-refractivity contribution in [1.82, 2.24) is 10.2 Å². The van der Waals surface area contributed by atoms with Gasteiger partial charge in [0.05, 0.1) is 12.5 Å².